The highest BCUT2D eigenvalue weighted by atomic mass is 16.6. The molecular formula is C15H13NO2. The highest BCUT2D eigenvalue weighted by molar-refractivity contribution is 5.89. The van der Waals surface area contributed by atoms with Crippen molar-refractivity contribution in [3.63, 3.8) is 0 Å². The van der Waals surface area contributed by atoms with Crippen LogP contribution in [0.1, 0.15) is 18.6 Å². The molecule has 18 heavy (non-hydrogen) atoms. The fraction of sp³-hybridized carbons (Fsp3) is 0.133. The first-order valence-corrected chi connectivity index (χ1v) is 5.91. The van der Waals surface area contributed by atoms with Gasteiger partial charge in [-0.05, 0) is 30.2 Å². The van der Waals surface area contributed by atoms with Crippen LogP contribution in [0.3, 0.4) is 0 Å². The van der Waals surface area contributed by atoms with Crippen LogP contribution in [-0.4, -0.2) is 6.09 Å². The molecule has 1 aliphatic heterocycles. The van der Waals surface area contributed by atoms with Gasteiger partial charge in [-0.15, -0.1) is 0 Å². The average molecular weight is 239 g/mol. The zero-order valence-electron chi connectivity index (χ0n) is 10.0. The molecule has 2 aromatic carbocycles. The van der Waals surface area contributed by atoms with E-state index in [0.29, 0.717) is 0 Å². The topological polar surface area (TPSA) is 38.3 Å². The van der Waals surface area contributed by atoms with E-state index < -0.39 is 0 Å². The van der Waals surface area contributed by atoms with Gasteiger partial charge in [-0.1, -0.05) is 36.4 Å². The molecule has 0 aliphatic carbocycles. The van der Waals surface area contributed by atoms with Crippen LogP contribution >= 0.6 is 0 Å². The summed E-state index contributed by atoms with van der Waals surface area (Å²) in [5, 5.41) is 2.71. The van der Waals surface area contributed by atoms with Crippen LogP contribution < -0.4 is 5.32 Å². The van der Waals surface area contributed by atoms with Crippen molar-refractivity contribution in [3.05, 3.63) is 54.1 Å². The Labute approximate surface area is 105 Å². The highest BCUT2D eigenvalue weighted by Crippen LogP contribution is 2.33. The van der Waals surface area contributed by atoms with E-state index in [1.807, 2.05) is 37.3 Å². The average Bonchev–Trinajstić information content (AvgIpc) is 2.39. The monoisotopic (exact) mass is 239 g/mol. The van der Waals surface area contributed by atoms with E-state index in [4.69, 9.17) is 4.74 Å². The van der Waals surface area contributed by atoms with Gasteiger partial charge >= 0.3 is 6.09 Å². The van der Waals surface area contributed by atoms with Crippen molar-refractivity contribution in [2.24, 2.45) is 0 Å². The zero-order valence-corrected chi connectivity index (χ0v) is 10.0. The second-order valence-electron chi connectivity index (χ2n) is 4.34. The second kappa shape index (κ2) is 4.18. The molecule has 3 nitrogen and oxygen atoms in total. The van der Waals surface area contributed by atoms with E-state index in [1.54, 1.807) is 0 Å². The van der Waals surface area contributed by atoms with Crippen molar-refractivity contribution in [3.8, 4) is 11.1 Å². The third-order valence-corrected chi connectivity index (χ3v) is 3.12. The number of rotatable bonds is 1. The number of anilines is 1. The molecule has 0 aromatic heterocycles. The van der Waals surface area contributed by atoms with Gasteiger partial charge in [-0.2, -0.15) is 0 Å². The summed E-state index contributed by atoms with van der Waals surface area (Å²) in [7, 11) is 0. The third kappa shape index (κ3) is 1.84. The van der Waals surface area contributed by atoms with Crippen LogP contribution in [-0.2, 0) is 4.74 Å². The minimum absolute atomic E-state index is 0.211. The van der Waals surface area contributed by atoms with E-state index in [-0.39, 0.29) is 12.2 Å². The molecular weight excluding hydrogens is 226 g/mol. The number of carbonyl (C=O) groups is 1. The molecule has 0 spiro atoms. The van der Waals surface area contributed by atoms with E-state index in [1.165, 1.54) is 0 Å². The maximum absolute atomic E-state index is 11.3. The maximum atomic E-state index is 11.3. The van der Waals surface area contributed by atoms with Crippen molar-refractivity contribution in [2.75, 3.05) is 5.32 Å². The van der Waals surface area contributed by atoms with Gasteiger partial charge in [0.15, 0.2) is 0 Å². The molecule has 3 rings (SSSR count). The van der Waals surface area contributed by atoms with Gasteiger partial charge in [-0.25, -0.2) is 4.79 Å². The standard InChI is InChI=1S/C15H13NO2/c1-10-13-9-12(11-5-3-2-4-6-11)7-8-14(13)16-15(17)18-10/h2-10H,1H3,(H,16,17). The number of carbonyl (C=O) groups excluding carboxylic acids is 1. The van der Waals surface area contributed by atoms with E-state index in [2.05, 4.69) is 23.5 Å². The predicted octanol–water partition coefficient (Wildman–Crippen LogP) is 3.98. The lowest BCUT2D eigenvalue weighted by Gasteiger charge is -2.24. The summed E-state index contributed by atoms with van der Waals surface area (Å²) >= 11 is 0. The van der Waals surface area contributed by atoms with Gasteiger partial charge in [0.1, 0.15) is 6.10 Å². The van der Waals surface area contributed by atoms with Crippen molar-refractivity contribution in [1.82, 2.24) is 0 Å². The van der Waals surface area contributed by atoms with Crippen molar-refractivity contribution < 1.29 is 9.53 Å². The Morgan fingerprint density at radius 1 is 1.06 bits per heavy atom. The first-order valence-electron chi connectivity index (χ1n) is 5.91. The molecule has 0 saturated heterocycles. The molecule has 2 aromatic rings. The molecule has 1 aliphatic rings. The molecule has 0 fully saturated rings. The molecule has 1 atom stereocenters. The van der Waals surface area contributed by atoms with Crippen molar-refractivity contribution >= 4 is 11.8 Å². The number of hydrogen-bond acceptors (Lipinski definition) is 2. The van der Waals surface area contributed by atoms with Gasteiger partial charge in [0.05, 0.1) is 5.69 Å². The first-order chi connectivity index (χ1) is 8.74. The summed E-state index contributed by atoms with van der Waals surface area (Å²) in [6.07, 6.45) is -0.597. The number of nitrogens with one attached hydrogen (secondary N) is 1. The lowest BCUT2D eigenvalue weighted by atomic mass is 9.99. The number of cyclic esters (lactones) is 1. The fourth-order valence-corrected chi connectivity index (χ4v) is 2.19. The number of amides is 1. The van der Waals surface area contributed by atoms with Gasteiger partial charge in [-0.3, -0.25) is 5.32 Å². The van der Waals surface area contributed by atoms with Crippen LogP contribution in [0.2, 0.25) is 0 Å². The number of fused-ring (bicyclic) bond motifs is 1. The summed E-state index contributed by atoms with van der Waals surface area (Å²) in [6.45, 7) is 1.88. The molecule has 0 bridgehead atoms. The molecule has 0 radical (unpaired) electrons. The quantitative estimate of drug-likeness (QED) is 0.817. The van der Waals surface area contributed by atoms with Gasteiger partial charge in [0.2, 0.25) is 0 Å². The van der Waals surface area contributed by atoms with E-state index in [9.17, 15) is 4.79 Å². The molecule has 90 valence electrons. The Morgan fingerprint density at radius 3 is 2.61 bits per heavy atom. The normalized spacial score (nSPS) is 17.6. The van der Waals surface area contributed by atoms with Crippen molar-refractivity contribution in [1.29, 1.82) is 0 Å². The Balaban J connectivity index is 2.06. The highest BCUT2D eigenvalue weighted by Gasteiger charge is 2.22. The molecule has 1 amide bonds. The molecule has 3 heteroatoms. The van der Waals surface area contributed by atoms with E-state index in [0.717, 1.165) is 22.4 Å². The third-order valence-electron chi connectivity index (χ3n) is 3.12. The molecule has 1 N–H and O–H groups in total. The largest absolute Gasteiger partial charge is 0.441 e. The summed E-state index contributed by atoms with van der Waals surface area (Å²) in [6, 6.07) is 16.1. The second-order valence-corrected chi connectivity index (χ2v) is 4.34. The van der Waals surface area contributed by atoms with Crippen LogP contribution in [0.15, 0.2) is 48.5 Å². The number of benzene rings is 2. The van der Waals surface area contributed by atoms with Crippen molar-refractivity contribution in [2.45, 2.75) is 13.0 Å². The lowest BCUT2D eigenvalue weighted by molar-refractivity contribution is 0.116. The van der Waals surface area contributed by atoms with Crippen LogP contribution in [0.25, 0.3) is 11.1 Å². The number of ether oxygens (including phenoxy) is 1. The maximum Gasteiger partial charge on any atom is 0.412 e. The smallest absolute Gasteiger partial charge is 0.412 e. The SMILES string of the molecule is CC1OC(=O)Nc2ccc(-c3ccccc3)cc21. The Morgan fingerprint density at radius 2 is 1.83 bits per heavy atom. The van der Waals surface area contributed by atoms with Crippen LogP contribution in [0, 0.1) is 0 Å². The lowest BCUT2D eigenvalue weighted by Crippen LogP contribution is -2.22. The summed E-state index contributed by atoms with van der Waals surface area (Å²) < 4.78 is 5.15. The molecule has 0 saturated carbocycles. The number of hydrogen-bond donors (Lipinski definition) is 1. The Kier molecular flexibility index (Phi) is 2.52. The Hall–Kier alpha value is -2.29. The van der Waals surface area contributed by atoms with Gasteiger partial charge in [0.25, 0.3) is 0 Å². The fourth-order valence-electron chi connectivity index (χ4n) is 2.19. The van der Waals surface area contributed by atoms with Gasteiger partial charge in [0, 0.05) is 5.56 Å². The van der Waals surface area contributed by atoms with Gasteiger partial charge < -0.3 is 4.74 Å². The van der Waals surface area contributed by atoms with Crippen LogP contribution in [0.4, 0.5) is 10.5 Å². The van der Waals surface area contributed by atoms with Crippen LogP contribution in [0.5, 0.6) is 0 Å². The zero-order chi connectivity index (χ0) is 12.5. The summed E-state index contributed by atoms with van der Waals surface area (Å²) in [5.74, 6) is 0. The first kappa shape index (κ1) is 10.8. The minimum atomic E-state index is -0.387. The predicted molar refractivity (Wildman–Crippen MR) is 70.4 cm³/mol. The summed E-state index contributed by atoms with van der Waals surface area (Å²) in [4.78, 5) is 11.3. The van der Waals surface area contributed by atoms with E-state index >= 15 is 0 Å². The Bertz CT molecular complexity index is 593. The summed E-state index contributed by atoms with van der Waals surface area (Å²) in [5.41, 5.74) is 4.12. The minimum Gasteiger partial charge on any atom is -0.441 e. The molecule has 1 heterocycles. The molecule has 1 unspecified atom stereocenters.